The van der Waals surface area contributed by atoms with Crippen molar-refractivity contribution in [2.75, 3.05) is 32.1 Å². The molecular weight excluding hydrogens is 322 g/mol. The average Bonchev–Trinajstić information content (AvgIpc) is 3.09. The molecule has 2 aromatic rings. The number of non-ortho nitro benzene ring substituents is 1. The lowest BCUT2D eigenvalue weighted by Gasteiger charge is -2.16. The SMILES string of the molecule is CN(C)c1ccc([C@H]2NC[C@H](COc3ccc([N+](=O)[O-])cc3)O2)cc1. The Bertz CT molecular complexity index is 716. The van der Waals surface area contributed by atoms with Gasteiger partial charge in [-0.3, -0.25) is 15.4 Å². The molecule has 1 saturated heterocycles. The molecule has 1 fully saturated rings. The molecule has 7 heteroatoms. The van der Waals surface area contributed by atoms with Crippen molar-refractivity contribution < 1.29 is 14.4 Å². The second-order valence-corrected chi connectivity index (χ2v) is 6.09. The van der Waals surface area contributed by atoms with Gasteiger partial charge in [0.2, 0.25) is 0 Å². The van der Waals surface area contributed by atoms with E-state index < -0.39 is 4.92 Å². The van der Waals surface area contributed by atoms with E-state index in [0.29, 0.717) is 18.9 Å². The molecule has 1 heterocycles. The lowest BCUT2D eigenvalue weighted by molar-refractivity contribution is -0.384. The fourth-order valence-electron chi connectivity index (χ4n) is 2.62. The van der Waals surface area contributed by atoms with Gasteiger partial charge in [0.1, 0.15) is 24.7 Å². The Hall–Kier alpha value is -2.64. The van der Waals surface area contributed by atoms with E-state index in [1.54, 1.807) is 12.1 Å². The molecule has 25 heavy (non-hydrogen) atoms. The maximum Gasteiger partial charge on any atom is 0.269 e. The summed E-state index contributed by atoms with van der Waals surface area (Å²) in [6, 6.07) is 14.3. The first-order chi connectivity index (χ1) is 12.0. The van der Waals surface area contributed by atoms with Gasteiger partial charge in [0.25, 0.3) is 5.69 Å². The monoisotopic (exact) mass is 343 g/mol. The van der Waals surface area contributed by atoms with Gasteiger partial charge in [0.15, 0.2) is 0 Å². The minimum absolute atomic E-state index is 0.0485. The van der Waals surface area contributed by atoms with Crippen LogP contribution in [0.4, 0.5) is 11.4 Å². The van der Waals surface area contributed by atoms with Gasteiger partial charge >= 0.3 is 0 Å². The molecule has 0 aromatic heterocycles. The zero-order chi connectivity index (χ0) is 17.8. The summed E-state index contributed by atoms with van der Waals surface area (Å²) >= 11 is 0. The molecule has 0 spiro atoms. The van der Waals surface area contributed by atoms with Crippen LogP contribution >= 0.6 is 0 Å². The molecule has 0 amide bonds. The minimum atomic E-state index is -0.431. The summed E-state index contributed by atoms with van der Waals surface area (Å²) in [5, 5.41) is 14.0. The van der Waals surface area contributed by atoms with E-state index in [-0.39, 0.29) is 18.0 Å². The van der Waals surface area contributed by atoms with Crippen LogP contribution in [0.15, 0.2) is 48.5 Å². The summed E-state index contributed by atoms with van der Waals surface area (Å²) in [5.41, 5.74) is 2.26. The third-order valence-corrected chi connectivity index (χ3v) is 4.06. The quantitative estimate of drug-likeness (QED) is 0.642. The second-order valence-electron chi connectivity index (χ2n) is 6.09. The summed E-state index contributed by atoms with van der Waals surface area (Å²) in [6.07, 6.45) is -0.226. The summed E-state index contributed by atoms with van der Waals surface area (Å²) in [4.78, 5) is 12.3. The standard InChI is InChI=1S/C18H21N3O4/c1-20(2)14-5-3-13(4-6-14)18-19-11-17(25-18)12-24-16-9-7-15(8-10-16)21(22)23/h3-10,17-19H,11-12H2,1-2H3/t17-,18+/m1/s1. The molecule has 2 aromatic carbocycles. The van der Waals surface area contributed by atoms with Crippen molar-refractivity contribution in [1.82, 2.24) is 5.32 Å². The van der Waals surface area contributed by atoms with Crippen LogP contribution in [-0.2, 0) is 4.74 Å². The van der Waals surface area contributed by atoms with Gasteiger partial charge in [0, 0.05) is 38.5 Å². The highest BCUT2D eigenvalue weighted by atomic mass is 16.6. The van der Waals surface area contributed by atoms with Crippen LogP contribution in [0.25, 0.3) is 0 Å². The Morgan fingerprint density at radius 3 is 2.48 bits per heavy atom. The first kappa shape index (κ1) is 17.2. The average molecular weight is 343 g/mol. The van der Waals surface area contributed by atoms with Crippen LogP contribution in [0.3, 0.4) is 0 Å². The number of nitro groups is 1. The normalized spacial score (nSPS) is 19.6. The van der Waals surface area contributed by atoms with E-state index in [9.17, 15) is 10.1 Å². The number of benzene rings is 2. The van der Waals surface area contributed by atoms with Crippen molar-refractivity contribution in [3.05, 3.63) is 64.2 Å². The molecule has 2 atom stereocenters. The lowest BCUT2D eigenvalue weighted by atomic mass is 10.2. The molecule has 1 aliphatic heterocycles. The zero-order valence-corrected chi connectivity index (χ0v) is 14.2. The fourth-order valence-corrected chi connectivity index (χ4v) is 2.62. The molecule has 0 saturated carbocycles. The largest absolute Gasteiger partial charge is 0.491 e. The van der Waals surface area contributed by atoms with Crippen LogP contribution in [0.2, 0.25) is 0 Å². The van der Waals surface area contributed by atoms with Gasteiger partial charge < -0.3 is 14.4 Å². The molecule has 0 bridgehead atoms. The molecule has 0 unspecified atom stereocenters. The number of nitrogens with zero attached hydrogens (tertiary/aromatic N) is 2. The van der Waals surface area contributed by atoms with E-state index in [2.05, 4.69) is 17.4 Å². The van der Waals surface area contributed by atoms with Crippen molar-refractivity contribution in [3.8, 4) is 5.75 Å². The Kier molecular flexibility index (Phi) is 5.16. The Balaban J connectivity index is 1.51. The summed E-state index contributed by atoms with van der Waals surface area (Å²) in [7, 11) is 4.01. The summed E-state index contributed by atoms with van der Waals surface area (Å²) in [5.74, 6) is 0.591. The zero-order valence-electron chi connectivity index (χ0n) is 14.2. The Morgan fingerprint density at radius 2 is 1.88 bits per heavy atom. The molecule has 0 aliphatic carbocycles. The Labute approximate surface area is 146 Å². The first-order valence-electron chi connectivity index (χ1n) is 8.06. The summed E-state index contributed by atoms with van der Waals surface area (Å²) in [6.45, 7) is 1.07. The Morgan fingerprint density at radius 1 is 1.20 bits per heavy atom. The third kappa shape index (κ3) is 4.26. The number of nitrogens with one attached hydrogen (secondary N) is 1. The molecule has 132 valence electrons. The number of hydrogen-bond donors (Lipinski definition) is 1. The predicted molar refractivity (Wildman–Crippen MR) is 95.0 cm³/mol. The maximum atomic E-state index is 10.6. The number of rotatable bonds is 6. The topological polar surface area (TPSA) is 76.9 Å². The van der Waals surface area contributed by atoms with Crippen LogP contribution in [-0.4, -0.2) is 38.3 Å². The smallest absolute Gasteiger partial charge is 0.269 e. The van der Waals surface area contributed by atoms with Gasteiger partial charge in [-0.15, -0.1) is 0 Å². The van der Waals surface area contributed by atoms with E-state index in [4.69, 9.17) is 9.47 Å². The highest BCUT2D eigenvalue weighted by Crippen LogP contribution is 2.24. The molecule has 7 nitrogen and oxygen atoms in total. The van der Waals surface area contributed by atoms with Gasteiger partial charge in [-0.2, -0.15) is 0 Å². The van der Waals surface area contributed by atoms with E-state index in [1.807, 2.05) is 31.1 Å². The van der Waals surface area contributed by atoms with Crippen LogP contribution < -0.4 is 15.0 Å². The second kappa shape index (κ2) is 7.50. The van der Waals surface area contributed by atoms with E-state index in [1.165, 1.54) is 12.1 Å². The maximum absolute atomic E-state index is 10.6. The van der Waals surface area contributed by atoms with Gasteiger partial charge in [-0.1, -0.05) is 12.1 Å². The molecule has 0 radical (unpaired) electrons. The van der Waals surface area contributed by atoms with E-state index in [0.717, 1.165) is 11.3 Å². The summed E-state index contributed by atoms with van der Waals surface area (Å²) < 4.78 is 11.6. The van der Waals surface area contributed by atoms with E-state index >= 15 is 0 Å². The van der Waals surface area contributed by atoms with Gasteiger partial charge in [0.05, 0.1) is 4.92 Å². The number of anilines is 1. The van der Waals surface area contributed by atoms with Crippen LogP contribution in [0.1, 0.15) is 11.8 Å². The van der Waals surface area contributed by atoms with Crippen molar-refractivity contribution in [3.63, 3.8) is 0 Å². The molecule has 3 rings (SSSR count). The van der Waals surface area contributed by atoms with Crippen LogP contribution in [0.5, 0.6) is 5.75 Å². The first-order valence-corrected chi connectivity index (χ1v) is 8.06. The van der Waals surface area contributed by atoms with Crippen molar-refractivity contribution in [1.29, 1.82) is 0 Å². The third-order valence-electron chi connectivity index (χ3n) is 4.06. The van der Waals surface area contributed by atoms with Gasteiger partial charge in [-0.25, -0.2) is 0 Å². The molecule has 1 aliphatic rings. The lowest BCUT2D eigenvalue weighted by Crippen LogP contribution is -2.21. The molecular formula is C18H21N3O4. The highest BCUT2D eigenvalue weighted by molar-refractivity contribution is 5.46. The minimum Gasteiger partial charge on any atom is -0.491 e. The van der Waals surface area contributed by atoms with Crippen molar-refractivity contribution in [2.45, 2.75) is 12.3 Å². The predicted octanol–water partition coefficient (Wildman–Crippen LogP) is 2.73. The van der Waals surface area contributed by atoms with Gasteiger partial charge in [-0.05, 0) is 29.8 Å². The fraction of sp³-hybridized carbons (Fsp3) is 0.333. The molecule has 1 N–H and O–H groups in total. The highest BCUT2D eigenvalue weighted by Gasteiger charge is 2.26. The number of ether oxygens (including phenoxy) is 2. The number of hydrogen-bond acceptors (Lipinski definition) is 6. The van der Waals surface area contributed by atoms with Crippen LogP contribution in [0, 0.1) is 10.1 Å². The number of nitro benzene ring substituents is 1. The van der Waals surface area contributed by atoms with Crippen molar-refractivity contribution >= 4 is 11.4 Å². The van der Waals surface area contributed by atoms with Crippen molar-refractivity contribution in [2.24, 2.45) is 0 Å².